The van der Waals surface area contributed by atoms with E-state index in [1.165, 1.54) is 10.6 Å². The van der Waals surface area contributed by atoms with Crippen molar-refractivity contribution in [3.05, 3.63) is 46.7 Å². The first kappa shape index (κ1) is 13.8. The Balaban J connectivity index is 0.000000171. The fourth-order valence-corrected chi connectivity index (χ4v) is 1.89. The number of pyridine rings is 1. The fourth-order valence-electron chi connectivity index (χ4n) is 1.24. The highest BCUT2D eigenvalue weighted by Gasteiger charge is 1.97. The zero-order valence-electron chi connectivity index (χ0n) is 10.9. The van der Waals surface area contributed by atoms with E-state index in [-0.39, 0.29) is 0 Å². The molecule has 0 aliphatic rings. The monoisotopic (exact) mass is 248 g/mol. The molecule has 0 amide bonds. The van der Waals surface area contributed by atoms with Gasteiger partial charge < -0.3 is 0 Å². The molecule has 0 N–H and O–H groups in total. The van der Waals surface area contributed by atoms with Crippen LogP contribution in [0.15, 0.2) is 36.1 Å². The number of rotatable bonds is 2. The average molecular weight is 248 g/mol. The van der Waals surface area contributed by atoms with Crippen LogP contribution in [-0.2, 0) is 0 Å². The molecular formula is C14H20N2S. The van der Waals surface area contributed by atoms with Crippen molar-refractivity contribution in [2.75, 3.05) is 0 Å². The number of nitrogens with zero attached hydrogens (tertiary/aromatic N) is 2. The van der Waals surface area contributed by atoms with Crippen LogP contribution in [0.3, 0.4) is 0 Å². The van der Waals surface area contributed by atoms with E-state index in [1.54, 1.807) is 17.5 Å². The van der Waals surface area contributed by atoms with Crippen LogP contribution in [0.1, 0.15) is 50.1 Å². The van der Waals surface area contributed by atoms with Crippen molar-refractivity contribution in [3.8, 4) is 0 Å². The van der Waals surface area contributed by atoms with Crippen LogP contribution in [-0.4, -0.2) is 9.97 Å². The molecule has 2 aromatic rings. The van der Waals surface area contributed by atoms with E-state index in [2.05, 4.69) is 43.7 Å². The zero-order valence-corrected chi connectivity index (χ0v) is 11.7. The van der Waals surface area contributed by atoms with E-state index < -0.39 is 0 Å². The van der Waals surface area contributed by atoms with E-state index in [4.69, 9.17) is 0 Å². The third-order valence-electron chi connectivity index (χ3n) is 2.30. The second kappa shape index (κ2) is 7.17. The van der Waals surface area contributed by atoms with Crippen molar-refractivity contribution in [2.24, 2.45) is 0 Å². The summed E-state index contributed by atoms with van der Waals surface area (Å²) in [5, 5.41) is 3.24. The molecule has 0 saturated carbocycles. The molecule has 0 atom stereocenters. The second-order valence-corrected chi connectivity index (χ2v) is 5.39. The zero-order chi connectivity index (χ0) is 12.7. The summed E-state index contributed by atoms with van der Waals surface area (Å²) >= 11 is 1.72. The predicted octanol–water partition coefficient (Wildman–Crippen LogP) is 4.47. The van der Waals surface area contributed by atoms with Gasteiger partial charge in [-0.25, -0.2) is 4.98 Å². The maximum atomic E-state index is 4.13. The molecule has 0 aliphatic heterocycles. The normalized spacial score (nSPS) is 10.2. The summed E-state index contributed by atoms with van der Waals surface area (Å²) < 4.78 is 0. The smallest absolute Gasteiger partial charge is 0.0950 e. The molecule has 0 aromatic carbocycles. The van der Waals surface area contributed by atoms with Crippen LogP contribution < -0.4 is 0 Å². The summed E-state index contributed by atoms with van der Waals surface area (Å²) in [4.78, 5) is 8.14. The highest BCUT2D eigenvalue weighted by atomic mass is 32.1. The van der Waals surface area contributed by atoms with Gasteiger partial charge in [0.1, 0.15) is 0 Å². The van der Waals surface area contributed by atoms with Gasteiger partial charge in [0.25, 0.3) is 0 Å². The van der Waals surface area contributed by atoms with Crippen LogP contribution in [0.4, 0.5) is 0 Å². The molecule has 92 valence electrons. The topological polar surface area (TPSA) is 25.8 Å². The van der Waals surface area contributed by atoms with Crippen LogP contribution in [0, 0.1) is 0 Å². The molecule has 2 heterocycles. The summed E-state index contributed by atoms with van der Waals surface area (Å²) in [5.74, 6) is 1.19. The molecule has 2 rings (SSSR count). The fraction of sp³-hybridized carbons (Fsp3) is 0.429. The maximum Gasteiger partial charge on any atom is 0.0950 e. The third kappa shape index (κ3) is 5.09. The van der Waals surface area contributed by atoms with Gasteiger partial charge >= 0.3 is 0 Å². The summed E-state index contributed by atoms with van der Waals surface area (Å²) in [7, 11) is 0. The molecule has 0 saturated heterocycles. The van der Waals surface area contributed by atoms with Gasteiger partial charge in [-0.3, -0.25) is 4.98 Å². The number of thiazole rings is 1. The van der Waals surface area contributed by atoms with E-state index >= 15 is 0 Å². The molecule has 0 aliphatic carbocycles. The third-order valence-corrected chi connectivity index (χ3v) is 3.37. The number of hydrogen-bond donors (Lipinski definition) is 0. The van der Waals surface area contributed by atoms with Crippen molar-refractivity contribution in [2.45, 2.75) is 39.5 Å². The van der Waals surface area contributed by atoms with Gasteiger partial charge in [0, 0.05) is 29.9 Å². The number of aromatic nitrogens is 2. The van der Waals surface area contributed by atoms with Gasteiger partial charge in [0.2, 0.25) is 0 Å². The van der Waals surface area contributed by atoms with Crippen molar-refractivity contribution in [3.63, 3.8) is 0 Å². The van der Waals surface area contributed by atoms with E-state index in [1.807, 2.05) is 23.8 Å². The van der Waals surface area contributed by atoms with Crippen LogP contribution >= 0.6 is 11.3 Å². The Kier molecular flexibility index (Phi) is 5.84. The van der Waals surface area contributed by atoms with Crippen molar-refractivity contribution >= 4 is 11.3 Å². The highest BCUT2D eigenvalue weighted by molar-refractivity contribution is 7.09. The summed E-state index contributed by atoms with van der Waals surface area (Å²) in [6.07, 6.45) is 5.55. The molecule has 0 unspecified atom stereocenters. The lowest BCUT2D eigenvalue weighted by Crippen LogP contribution is -1.85. The van der Waals surface area contributed by atoms with Gasteiger partial charge in [-0.2, -0.15) is 0 Å². The Morgan fingerprint density at radius 2 is 1.82 bits per heavy atom. The maximum absolute atomic E-state index is 4.13. The highest BCUT2D eigenvalue weighted by Crippen LogP contribution is 2.15. The summed E-state index contributed by atoms with van der Waals surface area (Å²) in [6, 6.07) is 4.06. The molecule has 0 spiro atoms. The Morgan fingerprint density at radius 3 is 2.12 bits per heavy atom. The van der Waals surface area contributed by atoms with Gasteiger partial charge in [-0.05, 0) is 17.5 Å². The Bertz CT molecular complexity index is 393. The minimum atomic E-state index is 0.593. The largest absolute Gasteiger partial charge is 0.264 e. The van der Waals surface area contributed by atoms with Crippen LogP contribution in [0.2, 0.25) is 0 Å². The molecule has 0 fully saturated rings. The van der Waals surface area contributed by atoms with Gasteiger partial charge in [-0.15, -0.1) is 11.3 Å². The summed E-state index contributed by atoms with van der Waals surface area (Å²) in [5.41, 5.74) is 1.30. The molecule has 2 nitrogen and oxygen atoms in total. The first-order valence-electron chi connectivity index (χ1n) is 5.90. The molecule has 2 aromatic heterocycles. The van der Waals surface area contributed by atoms with Crippen LogP contribution in [0.25, 0.3) is 0 Å². The van der Waals surface area contributed by atoms with Gasteiger partial charge in [0.15, 0.2) is 0 Å². The van der Waals surface area contributed by atoms with Crippen LogP contribution in [0.5, 0.6) is 0 Å². The average Bonchev–Trinajstić information content (AvgIpc) is 2.84. The van der Waals surface area contributed by atoms with Gasteiger partial charge in [-0.1, -0.05) is 33.8 Å². The first-order chi connectivity index (χ1) is 8.11. The molecule has 0 radical (unpaired) electrons. The quantitative estimate of drug-likeness (QED) is 0.783. The first-order valence-corrected chi connectivity index (χ1v) is 6.78. The van der Waals surface area contributed by atoms with E-state index in [0.717, 1.165) is 0 Å². The minimum Gasteiger partial charge on any atom is -0.264 e. The van der Waals surface area contributed by atoms with Crippen molar-refractivity contribution in [1.82, 2.24) is 9.97 Å². The minimum absolute atomic E-state index is 0.593. The standard InChI is InChI=1S/C8H11N.C6H9NS/c1-7(2)8-4-3-5-9-6-8;1-5(2)6-7-3-4-8-6/h3-7H,1-2H3;3-5H,1-2H3. The van der Waals surface area contributed by atoms with Crippen molar-refractivity contribution in [1.29, 1.82) is 0 Å². The predicted molar refractivity (Wildman–Crippen MR) is 74.5 cm³/mol. The Morgan fingerprint density at radius 1 is 1.06 bits per heavy atom. The van der Waals surface area contributed by atoms with E-state index in [0.29, 0.717) is 11.8 Å². The SMILES string of the molecule is CC(C)c1cccnc1.CC(C)c1nccs1. The lowest BCUT2D eigenvalue weighted by atomic mass is 10.1. The molecule has 17 heavy (non-hydrogen) atoms. The summed E-state index contributed by atoms with van der Waals surface area (Å²) in [6.45, 7) is 8.63. The molecule has 0 bridgehead atoms. The Labute approximate surface area is 108 Å². The lowest BCUT2D eigenvalue weighted by Gasteiger charge is -2.00. The molecule has 3 heteroatoms. The van der Waals surface area contributed by atoms with Crippen molar-refractivity contribution < 1.29 is 0 Å². The second-order valence-electron chi connectivity index (χ2n) is 4.47. The Hall–Kier alpha value is -1.22. The lowest BCUT2D eigenvalue weighted by molar-refractivity contribution is 0.852. The van der Waals surface area contributed by atoms with E-state index in [9.17, 15) is 0 Å². The molecular weight excluding hydrogens is 228 g/mol. The van der Waals surface area contributed by atoms with Gasteiger partial charge in [0.05, 0.1) is 5.01 Å². The number of hydrogen-bond acceptors (Lipinski definition) is 3.